The molecule has 0 saturated heterocycles. The van der Waals surface area contributed by atoms with Gasteiger partial charge in [-0.25, -0.2) is 14.4 Å². The Morgan fingerprint density at radius 1 is 1.07 bits per heavy atom. The van der Waals surface area contributed by atoms with Crippen LogP contribution in [0.4, 0.5) is 21.7 Å². The molecule has 3 aromatic rings. The maximum atomic E-state index is 13.6. The Morgan fingerprint density at radius 3 is 2.54 bits per heavy atom. The second kappa shape index (κ2) is 8.94. The van der Waals surface area contributed by atoms with Crippen molar-refractivity contribution in [3.63, 3.8) is 0 Å². The zero-order valence-electron chi connectivity index (χ0n) is 15.8. The third kappa shape index (κ3) is 5.03. The lowest BCUT2D eigenvalue weighted by Gasteiger charge is -2.13. The second-order valence-corrected chi connectivity index (χ2v) is 6.43. The van der Waals surface area contributed by atoms with Crippen LogP contribution in [0.5, 0.6) is 0 Å². The van der Waals surface area contributed by atoms with Gasteiger partial charge in [0, 0.05) is 38.2 Å². The van der Waals surface area contributed by atoms with Gasteiger partial charge in [-0.1, -0.05) is 18.2 Å². The van der Waals surface area contributed by atoms with Crippen molar-refractivity contribution in [1.29, 1.82) is 0 Å². The number of amides is 1. The van der Waals surface area contributed by atoms with Crippen LogP contribution in [0.2, 0.25) is 0 Å². The first-order valence-electron chi connectivity index (χ1n) is 8.92. The molecular formula is C21H22FN5O. The Balaban J connectivity index is 1.59. The summed E-state index contributed by atoms with van der Waals surface area (Å²) >= 11 is 0. The van der Waals surface area contributed by atoms with Crippen molar-refractivity contribution in [3.05, 3.63) is 77.9 Å². The van der Waals surface area contributed by atoms with Gasteiger partial charge in [0.1, 0.15) is 11.5 Å². The van der Waals surface area contributed by atoms with E-state index >= 15 is 0 Å². The lowest BCUT2D eigenvalue weighted by atomic mass is 10.1. The second-order valence-electron chi connectivity index (χ2n) is 6.43. The van der Waals surface area contributed by atoms with Crippen LogP contribution in [-0.4, -0.2) is 36.5 Å². The van der Waals surface area contributed by atoms with Crippen LogP contribution in [0.15, 0.2) is 60.8 Å². The van der Waals surface area contributed by atoms with Gasteiger partial charge in [-0.15, -0.1) is 0 Å². The van der Waals surface area contributed by atoms with Gasteiger partial charge in [0.2, 0.25) is 5.95 Å². The number of nitrogens with zero attached hydrogens (tertiary/aromatic N) is 3. The molecule has 1 heterocycles. The van der Waals surface area contributed by atoms with Crippen LogP contribution < -0.4 is 15.5 Å². The van der Waals surface area contributed by atoms with Gasteiger partial charge in [-0.05, 0) is 48.4 Å². The van der Waals surface area contributed by atoms with E-state index in [1.165, 1.54) is 12.3 Å². The molecule has 2 aromatic carbocycles. The summed E-state index contributed by atoms with van der Waals surface area (Å²) in [5.41, 5.74) is 2.59. The number of halogens is 1. The number of hydrogen-bond donors (Lipinski definition) is 2. The quantitative estimate of drug-likeness (QED) is 0.657. The summed E-state index contributed by atoms with van der Waals surface area (Å²) in [5.74, 6) is -0.234. The zero-order valence-corrected chi connectivity index (χ0v) is 15.8. The van der Waals surface area contributed by atoms with E-state index in [-0.39, 0.29) is 17.4 Å². The fourth-order valence-electron chi connectivity index (χ4n) is 2.62. The minimum absolute atomic E-state index is 0.237. The van der Waals surface area contributed by atoms with E-state index in [0.29, 0.717) is 30.2 Å². The fraction of sp³-hybridized carbons (Fsp3) is 0.190. The van der Waals surface area contributed by atoms with Gasteiger partial charge in [-0.3, -0.25) is 4.79 Å². The predicted molar refractivity (Wildman–Crippen MR) is 109 cm³/mol. The molecule has 0 aliphatic carbocycles. The van der Waals surface area contributed by atoms with E-state index in [1.54, 1.807) is 24.3 Å². The third-order valence-electron chi connectivity index (χ3n) is 4.17. The smallest absolute Gasteiger partial charge is 0.274 e. The minimum Gasteiger partial charge on any atom is -0.378 e. The largest absolute Gasteiger partial charge is 0.378 e. The highest BCUT2D eigenvalue weighted by Crippen LogP contribution is 2.16. The highest BCUT2D eigenvalue weighted by molar-refractivity contribution is 6.03. The van der Waals surface area contributed by atoms with E-state index in [0.717, 1.165) is 5.69 Å². The van der Waals surface area contributed by atoms with Crippen molar-refractivity contribution in [2.75, 3.05) is 36.2 Å². The molecule has 0 spiro atoms. The lowest BCUT2D eigenvalue weighted by Crippen LogP contribution is -2.16. The summed E-state index contributed by atoms with van der Waals surface area (Å²) in [4.78, 5) is 22.8. The number of benzene rings is 2. The Hall–Kier alpha value is -3.48. The molecule has 0 unspecified atom stereocenters. The number of aromatic nitrogens is 2. The molecule has 144 valence electrons. The van der Waals surface area contributed by atoms with Gasteiger partial charge in [0.15, 0.2) is 0 Å². The summed E-state index contributed by atoms with van der Waals surface area (Å²) in [6.07, 6.45) is 2.01. The van der Waals surface area contributed by atoms with E-state index in [4.69, 9.17) is 0 Å². The highest BCUT2D eigenvalue weighted by Gasteiger charge is 2.10. The van der Waals surface area contributed by atoms with Crippen molar-refractivity contribution < 1.29 is 9.18 Å². The number of anilines is 3. The van der Waals surface area contributed by atoms with Crippen molar-refractivity contribution in [2.45, 2.75) is 6.42 Å². The van der Waals surface area contributed by atoms with Crippen LogP contribution >= 0.6 is 0 Å². The molecular weight excluding hydrogens is 357 g/mol. The summed E-state index contributed by atoms with van der Waals surface area (Å²) in [6.45, 7) is 0.456. The Bertz CT molecular complexity index is 944. The maximum absolute atomic E-state index is 13.6. The molecule has 0 aliphatic heterocycles. The molecule has 1 aromatic heterocycles. The van der Waals surface area contributed by atoms with Crippen LogP contribution in [0, 0.1) is 5.82 Å². The van der Waals surface area contributed by atoms with Crippen molar-refractivity contribution >= 4 is 23.2 Å². The van der Waals surface area contributed by atoms with Crippen molar-refractivity contribution in [2.24, 2.45) is 0 Å². The summed E-state index contributed by atoms with van der Waals surface area (Å²) in [6, 6.07) is 15.7. The summed E-state index contributed by atoms with van der Waals surface area (Å²) in [5, 5.41) is 5.84. The predicted octanol–water partition coefficient (Wildman–Crippen LogP) is 3.59. The topological polar surface area (TPSA) is 70.2 Å². The Labute approximate surface area is 163 Å². The fourth-order valence-corrected chi connectivity index (χ4v) is 2.62. The highest BCUT2D eigenvalue weighted by atomic mass is 19.1. The normalized spacial score (nSPS) is 10.4. The van der Waals surface area contributed by atoms with Gasteiger partial charge in [0.25, 0.3) is 5.91 Å². The van der Waals surface area contributed by atoms with E-state index in [1.807, 2.05) is 43.3 Å². The average Bonchev–Trinajstić information content (AvgIpc) is 2.70. The molecule has 0 saturated carbocycles. The van der Waals surface area contributed by atoms with E-state index in [2.05, 4.69) is 20.6 Å². The van der Waals surface area contributed by atoms with Gasteiger partial charge >= 0.3 is 0 Å². The monoisotopic (exact) mass is 379 g/mol. The number of rotatable bonds is 7. The summed E-state index contributed by atoms with van der Waals surface area (Å²) < 4.78 is 13.6. The molecule has 0 bridgehead atoms. The number of nitrogens with one attached hydrogen (secondary N) is 2. The number of carbonyl (C=O) groups is 1. The van der Waals surface area contributed by atoms with Gasteiger partial charge in [0.05, 0.1) is 0 Å². The molecule has 28 heavy (non-hydrogen) atoms. The number of hydrogen-bond acceptors (Lipinski definition) is 5. The average molecular weight is 379 g/mol. The number of carbonyl (C=O) groups excluding carboxylic acids is 1. The Morgan fingerprint density at radius 2 is 1.82 bits per heavy atom. The van der Waals surface area contributed by atoms with Gasteiger partial charge < -0.3 is 15.5 Å². The molecule has 0 atom stereocenters. The standard InChI is InChI=1S/C21H22FN5O/c1-27(2)17-9-7-16(8-10-17)25-20(28)19-12-14-24-21(26-19)23-13-11-15-5-3-4-6-18(15)22/h3-10,12,14H,11,13H2,1-2H3,(H,25,28)(H,23,24,26). The van der Waals surface area contributed by atoms with Crippen LogP contribution in [0.3, 0.4) is 0 Å². The first-order chi connectivity index (χ1) is 13.5. The lowest BCUT2D eigenvalue weighted by molar-refractivity contribution is 0.102. The SMILES string of the molecule is CN(C)c1ccc(NC(=O)c2ccnc(NCCc3ccccc3F)n2)cc1. The van der Waals surface area contributed by atoms with Crippen molar-refractivity contribution in [1.82, 2.24) is 9.97 Å². The van der Waals surface area contributed by atoms with E-state index in [9.17, 15) is 9.18 Å². The van der Waals surface area contributed by atoms with Gasteiger partial charge in [-0.2, -0.15) is 0 Å². The molecule has 0 radical (unpaired) electrons. The molecule has 0 aliphatic rings. The molecule has 7 heteroatoms. The summed E-state index contributed by atoms with van der Waals surface area (Å²) in [7, 11) is 3.91. The molecule has 2 N–H and O–H groups in total. The minimum atomic E-state index is -0.322. The maximum Gasteiger partial charge on any atom is 0.274 e. The first kappa shape index (κ1) is 19.3. The third-order valence-corrected chi connectivity index (χ3v) is 4.17. The molecule has 1 amide bonds. The Kier molecular flexibility index (Phi) is 6.16. The van der Waals surface area contributed by atoms with Crippen molar-refractivity contribution in [3.8, 4) is 0 Å². The zero-order chi connectivity index (χ0) is 19.9. The van der Waals surface area contributed by atoms with Crippen LogP contribution in [-0.2, 0) is 6.42 Å². The molecule has 3 rings (SSSR count). The first-order valence-corrected chi connectivity index (χ1v) is 8.92. The van der Waals surface area contributed by atoms with Crippen LogP contribution in [0.25, 0.3) is 0 Å². The van der Waals surface area contributed by atoms with E-state index < -0.39 is 0 Å². The molecule has 6 nitrogen and oxygen atoms in total. The molecule has 0 fully saturated rings. The van der Waals surface area contributed by atoms with Crippen LogP contribution in [0.1, 0.15) is 16.1 Å².